The molecule has 3 aliphatic rings. The summed E-state index contributed by atoms with van der Waals surface area (Å²) < 4.78 is 0. The van der Waals surface area contributed by atoms with Crippen LogP contribution in [0.15, 0.2) is 0 Å². The van der Waals surface area contributed by atoms with Gasteiger partial charge >= 0.3 is 0 Å². The molecule has 0 heteroatoms. The molecule has 0 bridgehead atoms. The second-order valence-corrected chi connectivity index (χ2v) is 5.32. The van der Waals surface area contributed by atoms with Gasteiger partial charge in [-0.2, -0.15) is 0 Å². The minimum atomic E-state index is 0.709. The van der Waals surface area contributed by atoms with Crippen molar-refractivity contribution in [3.05, 3.63) is 0 Å². The monoisotopic (exact) mass is 136 g/mol. The lowest BCUT2D eigenvalue weighted by molar-refractivity contribution is -0.0370. The SMILES string of the molecule is CC1(C)C2CCC3C2C31C. The Hall–Kier alpha value is 0. The van der Waals surface area contributed by atoms with Gasteiger partial charge in [-0.15, -0.1) is 0 Å². The summed E-state index contributed by atoms with van der Waals surface area (Å²) in [6.45, 7) is 7.47. The van der Waals surface area contributed by atoms with Gasteiger partial charge in [0.05, 0.1) is 0 Å². The maximum absolute atomic E-state index is 2.51. The molecule has 0 aromatic rings. The molecule has 0 aromatic carbocycles. The molecule has 3 saturated carbocycles. The Labute approximate surface area is 63.0 Å². The molecule has 4 atom stereocenters. The third kappa shape index (κ3) is 0.271. The largest absolute Gasteiger partial charge is 0.0591 e. The Kier molecular flexibility index (Phi) is 0.612. The van der Waals surface area contributed by atoms with Gasteiger partial charge in [0.25, 0.3) is 0 Å². The molecule has 0 spiro atoms. The zero-order valence-electron chi connectivity index (χ0n) is 7.15. The first-order valence-electron chi connectivity index (χ1n) is 4.60. The van der Waals surface area contributed by atoms with E-state index in [1.54, 1.807) is 6.42 Å². The number of hydrogen-bond donors (Lipinski definition) is 0. The minimum Gasteiger partial charge on any atom is -0.0591 e. The maximum Gasteiger partial charge on any atom is -0.0207 e. The van der Waals surface area contributed by atoms with E-state index >= 15 is 0 Å². The summed E-state index contributed by atoms with van der Waals surface area (Å²) in [7, 11) is 0. The summed E-state index contributed by atoms with van der Waals surface area (Å²) >= 11 is 0. The quantitative estimate of drug-likeness (QED) is 0.480. The van der Waals surface area contributed by atoms with Gasteiger partial charge in [-0.25, -0.2) is 0 Å². The summed E-state index contributed by atoms with van der Waals surface area (Å²) in [4.78, 5) is 0. The maximum atomic E-state index is 2.51. The van der Waals surface area contributed by atoms with Crippen molar-refractivity contribution in [3.63, 3.8) is 0 Å². The summed E-state index contributed by atoms with van der Waals surface area (Å²) in [5.41, 5.74) is 1.51. The lowest BCUT2D eigenvalue weighted by atomic mass is 9.53. The molecule has 56 valence electrons. The molecule has 0 nitrogen and oxygen atoms in total. The molecule has 0 aliphatic heterocycles. The van der Waals surface area contributed by atoms with Gasteiger partial charge in [0.15, 0.2) is 0 Å². The van der Waals surface area contributed by atoms with Crippen molar-refractivity contribution in [1.82, 2.24) is 0 Å². The topological polar surface area (TPSA) is 0 Å². The van der Waals surface area contributed by atoms with E-state index in [1.165, 1.54) is 12.3 Å². The number of hydrogen-bond acceptors (Lipinski definition) is 0. The van der Waals surface area contributed by atoms with Crippen molar-refractivity contribution < 1.29 is 0 Å². The first kappa shape index (κ1) is 5.62. The Morgan fingerprint density at radius 2 is 1.60 bits per heavy atom. The fraction of sp³-hybridized carbons (Fsp3) is 1.00. The molecule has 0 aromatic heterocycles. The first-order chi connectivity index (χ1) is 4.60. The van der Waals surface area contributed by atoms with E-state index in [0.29, 0.717) is 5.41 Å². The molecule has 3 aliphatic carbocycles. The van der Waals surface area contributed by atoms with Gasteiger partial charge in [-0.05, 0) is 41.4 Å². The van der Waals surface area contributed by atoms with Crippen LogP contribution in [0.3, 0.4) is 0 Å². The fourth-order valence-electron chi connectivity index (χ4n) is 4.37. The predicted molar refractivity (Wildman–Crippen MR) is 41.6 cm³/mol. The summed E-state index contributed by atoms with van der Waals surface area (Å²) in [5, 5.41) is 0. The highest BCUT2D eigenvalue weighted by atomic mass is 14.9. The molecule has 3 fully saturated rings. The smallest absolute Gasteiger partial charge is 0.0207 e. The van der Waals surface area contributed by atoms with E-state index in [0.717, 1.165) is 17.3 Å². The highest BCUT2D eigenvalue weighted by molar-refractivity contribution is 5.31. The molecule has 0 radical (unpaired) electrons. The van der Waals surface area contributed by atoms with Crippen molar-refractivity contribution in [3.8, 4) is 0 Å². The van der Waals surface area contributed by atoms with E-state index in [4.69, 9.17) is 0 Å². The van der Waals surface area contributed by atoms with E-state index in [-0.39, 0.29) is 0 Å². The summed E-state index contributed by atoms with van der Waals surface area (Å²) in [6, 6.07) is 0. The Morgan fingerprint density at radius 1 is 1.00 bits per heavy atom. The highest BCUT2D eigenvalue weighted by Gasteiger charge is 2.83. The molecule has 0 heterocycles. The third-order valence-corrected chi connectivity index (χ3v) is 5.32. The molecular weight excluding hydrogens is 120 g/mol. The van der Waals surface area contributed by atoms with Crippen LogP contribution in [-0.2, 0) is 0 Å². The van der Waals surface area contributed by atoms with Crippen molar-refractivity contribution in [1.29, 1.82) is 0 Å². The Bertz CT molecular complexity index is 195. The Morgan fingerprint density at radius 3 is 1.90 bits per heavy atom. The summed E-state index contributed by atoms with van der Waals surface area (Å²) in [5.74, 6) is 3.43. The van der Waals surface area contributed by atoms with E-state index in [2.05, 4.69) is 20.8 Å². The van der Waals surface area contributed by atoms with Crippen LogP contribution in [0.1, 0.15) is 33.6 Å². The van der Waals surface area contributed by atoms with E-state index in [9.17, 15) is 0 Å². The predicted octanol–water partition coefficient (Wildman–Crippen LogP) is 2.69. The zero-order chi connectivity index (χ0) is 7.15. The van der Waals surface area contributed by atoms with Crippen LogP contribution in [0.25, 0.3) is 0 Å². The average Bonchev–Trinajstić information content (AvgIpc) is 2.32. The van der Waals surface area contributed by atoms with Gasteiger partial charge in [-0.1, -0.05) is 20.8 Å². The van der Waals surface area contributed by atoms with Crippen LogP contribution in [0.5, 0.6) is 0 Å². The van der Waals surface area contributed by atoms with Gasteiger partial charge < -0.3 is 0 Å². The van der Waals surface area contributed by atoms with Crippen molar-refractivity contribution >= 4 is 0 Å². The van der Waals surface area contributed by atoms with Gasteiger partial charge in [0.2, 0.25) is 0 Å². The molecule has 0 amide bonds. The zero-order valence-corrected chi connectivity index (χ0v) is 7.15. The highest BCUT2D eigenvalue weighted by Crippen LogP contribution is 2.88. The molecule has 4 unspecified atom stereocenters. The summed E-state index contributed by atoms with van der Waals surface area (Å²) in [6.07, 6.45) is 3.09. The van der Waals surface area contributed by atoms with Crippen LogP contribution >= 0.6 is 0 Å². The fourth-order valence-corrected chi connectivity index (χ4v) is 4.37. The molecule has 0 N–H and O–H groups in total. The van der Waals surface area contributed by atoms with Crippen molar-refractivity contribution in [2.45, 2.75) is 33.6 Å². The van der Waals surface area contributed by atoms with Crippen LogP contribution < -0.4 is 0 Å². The lowest BCUT2D eigenvalue weighted by Crippen LogP contribution is -2.46. The van der Waals surface area contributed by atoms with Crippen LogP contribution in [-0.4, -0.2) is 0 Å². The average molecular weight is 136 g/mol. The van der Waals surface area contributed by atoms with Gasteiger partial charge in [-0.3, -0.25) is 0 Å². The van der Waals surface area contributed by atoms with Crippen LogP contribution in [0, 0.1) is 28.6 Å². The van der Waals surface area contributed by atoms with Crippen LogP contribution in [0.4, 0.5) is 0 Å². The van der Waals surface area contributed by atoms with Crippen molar-refractivity contribution in [2.24, 2.45) is 28.6 Å². The molecular formula is C10H16. The number of fused-ring (bicyclic) bond motifs is 1. The molecule has 0 saturated heterocycles. The first-order valence-corrected chi connectivity index (χ1v) is 4.60. The number of rotatable bonds is 0. The van der Waals surface area contributed by atoms with E-state index in [1.807, 2.05) is 0 Å². The second-order valence-electron chi connectivity index (χ2n) is 5.32. The normalized spacial score (nSPS) is 66.9. The standard InChI is InChI=1S/C10H16/c1-9(2)6-4-5-7-8(6)10(7,9)3/h6-8H,4-5H2,1-3H3. The van der Waals surface area contributed by atoms with Crippen LogP contribution in [0.2, 0.25) is 0 Å². The lowest BCUT2D eigenvalue weighted by Gasteiger charge is -2.52. The molecule has 3 rings (SSSR count). The molecule has 10 heavy (non-hydrogen) atoms. The van der Waals surface area contributed by atoms with E-state index < -0.39 is 0 Å². The third-order valence-electron chi connectivity index (χ3n) is 5.32. The van der Waals surface area contributed by atoms with Gasteiger partial charge in [0.1, 0.15) is 0 Å². The van der Waals surface area contributed by atoms with Crippen molar-refractivity contribution in [2.75, 3.05) is 0 Å². The van der Waals surface area contributed by atoms with Gasteiger partial charge in [0, 0.05) is 0 Å². The second kappa shape index (κ2) is 1.09. The Balaban J connectivity index is 2.07. The minimum absolute atomic E-state index is 0.709.